The molecule has 1 aliphatic carbocycles. The second-order valence-electron chi connectivity index (χ2n) is 7.31. The smallest absolute Gasteiger partial charge is 0.261 e. The number of nitrogens with one attached hydrogen (secondary N) is 1. The first kappa shape index (κ1) is 17.7. The Morgan fingerprint density at radius 1 is 1.33 bits per heavy atom. The number of nitrogens with zero attached hydrogens (tertiary/aromatic N) is 3. The monoisotopic (exact) mass is 364 g/mol. The summed E-state index contributed by atoms with van der Waals surface area (Å²) in [5.74, 6) is 0.525. The number of aromatic nitrogens is 3. The molecule has 1 fully saturated rings. The van der Waals surface area contributed by atoms with E-state index in [9.17, 15) is 4.79 Å². The maximum absolute atomic E-state index is 12.6. The average molecular weight is 364 g/mol. The molecule has 1 N–H and O–H groups in total. The molecule has 1 aromatic carbocycles. The van der Waals surface area contributed by atoms with Crippen molar-refractivity contribution in [2.75, 3.05) is 5.32 Å². The van der Waals surface area contributed by atoms with E-state index in [2.05, 4.69) is 22.3 Å². The molecule has 140 valence electrons. The van der Waals surface area contributed by atoms with Crippen LogP contribution >= 0.6 is 0 Å². The summed E-state index contributed by atoms with van der Waals surface area (Å²) in [5.41, 5.74) is 2.80. The molecule has 27 heavy (non-hydrogen) atoms. The largest absolute Gasteiger partial charge is 0.374 e. The molecule has 2 heterocycles. The molecule has 4 rings (SSSR count). The molecule has 3 aromatic rings. The molecule has 2 atom stereocenters. The van der Waals surface area contributed by atoms with Gasteiger partial charge in [0.1, 0.15) is 5.56 Å². The first-order chi connectivity index (χ1) is 13.2. The zero-order valence-corrected chi connectivity index (χ0v) is 15.5. The van der Waals surface area contributed by atoms with Crippen LogP contribution in [0.5, 0.6) is 0 Å². The lowest BCUT2D eigenvalue weighted by Crippen LogP contribution is -2.21. The van der Waals surface area contributed by atoms with E-state index in [0.717, 1.165) is 30.0 Å². The molecule has 0 saturated heterocycles. The van der Waals surface area contributed by atoms with Gasteiger partial charge in [0.25, 0.3) is 5.91 Å². The highest BCUT2D eigenvalue weighted by Crippen LogP contribution is 2.26. The van der Waals surface area contributed by atoms with Gasteiger partial charge < -0.3 is 10.1 Å². The number of hydrogen-bond donors (Lipinski definition) is 1. The van der Waals surface area contributed by atoms with E-state index in [4.69, 9.17) is 4.74 Å². The van der Waals surface area contributed by atoms with Crippen LogP contribution in [0.3, 0.4) is 0 Å². The van der Waals surface area contributed by atoms with Crippen LogP contribution in [0, 0.1) is 5.92 Å². The summed E-state index contributed by atoms with van der Waals surface area (Å²) in [5, 5.41) is 7.09. The molecule has 2 unspecified atom stereocenters. The van der Waals surface area contributed by atoms with Crippen molar-refractivity contribution in [1.29, 1.82) is 0 Å². The molecule has 1 saturated carbocycles. The van der Waals surface area contributed by atoms with E-state index in [1.807, 2.05) is 24.3 Å². The molecule has 2 aromatic heterocycles. The van der Waals surface area contributed by atoms with Gasteiger partial charge >= 0.3 is 0 Å². The van der Waals surface area contributed by atoms with Crippen LogP contribution in [0.4, 0.5) is 5.69 Å². The third-order valence-corrected chi connectivity index (χ3v) is 5.08. The van der Waals surface area contributed by atoms with Gasteiger partial charge in [-0.3, -0.25) is 4.79 Å². The highest BCUT2D eigenvalue weighted by Gasteiger charge is 2.19. The van der Waals surface area contributed by atoms with Gasteiger partial charge in [0, 0.05) is 18.1 Å². The summed E-state index contributed by atoms with van der Waals surface area (Å²) < 4.78 is 7.68. The maximum atomic E-state index is 12.6. The lowest BCUT2D eigenvalue weighted by atomic mass is 9.89. The topological polar surface area (TPSA) is 68.5 Å². The minimum Gasteiger partial charge on any atom is -0.374 e. The van der Waals surface area contributed by atoms with Crippen molar-refractivity contribution in [2.45, 2.75) is 45.3 Å². The molecule has 6 nitrogen and oxygen atoms in total. The lowest BCUT2D eigenvalue weighted by Gasteiger charge is -2.26. The highest BCUT2D eigenvalue weighted by molar-refractivity contribution is 6.08. The number of anilines is 1. The number of ether oxygens (including phenoxy) is 1. The fourth-order valence-electron chi connectivity index (χ4n) is 3.67. The summed E-state index contributed by atoms with van der Waals surface area (Å²) >= 11 is 0. The normalized spacial score (nSPS) is 19.9. The number of carbonyl (C=O) groups excluding carboxylic acids is 1. The first-order valence-corrected chi connectivity index (χ1v) is 9.49. The Bertz CT molecular complexity index is 937. The second kappa shape index (κ2) is 7.88. The van der Waals surface area contributed by atoms with Crippen molar-refractivity contribution in [3.63, 3.8) is 0 Å². The minimum absolute atomic E-state index is 0.220. The molecular formula is C21H24N4O2. The maximum Gasteiger partial charge on any atom is 0.261 e. The Labute approximate surface area is 158 Å². The van der Waals surface area contributed by atoms with Crippen LogP contribution in [-0.4, -0.2) is 26.6 Å². The van der Waals surface area contributed by atoms with Crippen LogP contribution in [0.2, 0.25) is 0 Å². The summed E-state index contributed by atoms with van der Waals surface area (Å²) in [6.07, 6.45) is 10.1. The lowest BCUT2D eigenvalue weighted by molar-refractivity contribution is 0.00468. The number of carbonyl (C=O) groups is 1. The van der Waals surface area contributed by atoms with Gasteiger partial charge in [-0.25, -0.2) is 9.50 Å². The van der Waals surface area contributed by atoms with E-state index in [1.54, 1.807) is 23.0 Å². The van der Waals surface area contributed by atoms with Gasteiger partial charge in [-0.05, 0) is 42.5 Å². The summed E-state index contributed by atoms with van der Waals surface area (Å²) in [4.78, 5) is 16.8. The standard InChI is InChI=1S/C21H24N4O2/c1-15-5-2-8-18(11-15)27-14-16-6-3-7-17(12-16)24-21(26)19-13-23-25-10-4-9-22-20(19)25/h3-4,6-7,9-10,12-13,15,18H,2,5,8,11,14H2,1H3,(H,24,26). The van der Waals surface area contributed by atoms with Gasteiger partial charge in [-0.1, -0.05) is 31.9 Å². The molecule has 0 bridgehead atoms. The Balaban J connectivity index is 1.41. The summed E-state index contributed by atoms with van der Waals surface area (Å²) in [6, 6.07) is 9.58. The van der Waals surface area contributed by atoms with E-state index in [1.165, 1.54) is 19.0 Å². The minimum atomic E-state index is -0.220. The summed E-state index contributed by atoms with van der Waals surface area (Å²) in [6.45, 7) is 2.86. The fraction of sp³-hybridized carbons (Fsp3) is 0.381. The van der Waals surface area contributed by atoms with Crippen LogP contribution in [0.1, 0.15) is 48.5 Å². The van der Waals surface area contributed by atoms with Crippen LogP contribution in [-0.2, 0) is 11.3 Å². The van der Waals surface area contributed by atoms with Gasteiger partial charge in [0.2, 0.25) is 0 Å². The second-order valence-corrected chi connectivity index (χ2v) is 7.31. The third kappa shape index (κ3) is 4.17. The van der Waals surface area contributed by atoms with E-state index >= 15 is 0 Å². The van der Waals surface area contributed by atoms with Crippen LogP contribution in [0.25, 0.3) is 5.65 Å². The van der Waals surface area contributed by atoms with Crippen molar-refractivity contribution in [3.8, 4) is 0 Å². The highest BCUT2D eigenvalue weighted by atomic mass is 16.5. The van der Waals surface area contributed by atoms with E-state index < -0.39 is 0 Å². The van der Waals surface area contributed by atoms with Crippen molar-refractivity contribution in [1.82, 2.24) is 14.6 Å². The van der Waals surface area contributed by atoms with Crippen molar-refractivity contribution >= 4 is 17.2 Å². The van der Waals surface area contributed by atoms with Crippen LogP contribution < -0.4 is 5.32 Å². The van der Waals surface area contributed by atoms with Crippen molar-refractivity contribution in [3.05, 3.63) is 60.0 Å². The molecule has 0 aliphatic heterocycles. The Morgan fingerprint density at radius 3 is 3.15 bits per heavy atom. The Hall–Kier alpha value is -2.73. The number of benzene rings is 1. The Morgan fingerprint density at radius 2 is 2.26 bits per heavy atom. The molecule has 0 radical (unpaired) electrons. The van der Waals surface area contributed by atoms with Gasteiger partial charge in [-0.15, -0.1) is 0 Å². The third-order valence-electron chi connectivity index (χ3n) is 5.08. The predicted octanol–water partition coefficient (Wildman–Crippen LogP) is 4.08. The van der Waals surface area contributed by atoms with E-state index in [-0.39, 0.29) is 5.91 Å². The Kier molecular flexibility index (Phi) is 5.16. The molecular weight excluding hydrogens is 340 g/mol. The first-order valence-electron chi connectivity index (χ1n) is 9.49. The number of rotatable bonds is 5. The zero-order chi connectivity index (χ0) is 18.6. The van der Waals surface area contributed by atoms with Crippen molar-refractivity contribution in [2.24, 2.45) is 5.92 Å². The van der Waals surface area contributed by atoms with E-state index in [0.29, 0.717) is 23.9 Å². The molecule has 6 heteroatoms. The van der Waals surface area contributed by atoms with Gasteiger partial charge in [0.05, 0.1) is 18.9 Å². The molecule has 0 spiro atoms. The average Bonchev–Trinajstić information content (AvgIpc) is 3.11. The number of amides is 1. The zero-order valence-electron chi connectivity index (χ0n) is 15.5. The predicted molar refractivity (Wildman–Crippen MR) is 104 cm³/mol. The molecule has 1 amide bonds. The van der Waals surface area contributed by atoms with Gasteiger partial charge in [-0.2, -0.15) is 5.10 Å². The fourth-order valence-corrected chi connectivity index (χ4v) is 3.67. The summed E-state index contributed by atoms with van der Waals surface area (Å²) in [7, 11) is 0. The van der Waals surface area contributed by atoms with Crippen LogP contribution in [0.15, 0.2) is 48.9 Å². The van der Waals surface area contributed by atoms with Crippen molar-refractivity contribution < 1.29 is 9.53 Å². The molecule has 1 aliphatic rings. The quantitative estimate of drug-likeness (QED) is 0.741. The SMILES string of the molecule is CC1CCCC(OCc2cccc(NC(=O)c3cnn4cccnc34)c2)C1. The number of fused-ring (bicyclic) bond motifs is 1. The van der Waals surface area contributed by atoms with Gasteiger partial charge in [0.15, 0.2) is 5.65 Å². The number of hydrogen-bond acceptors (Lipinski definition) is 4.